The van der Waals surface area contributed by atoms with Crippen LogP contribution in [0.3, 0.4) is 0 Å². The average Bonchev–Trinajstić information content (AvgIpc) is 2.85. The van der Waals surface area contributed by atoms with Gasteiger partial charge in [-0.1, -0.05) is 12.1 Å². The molecule has 1 heterocycles. The quantitative estimate of drug-likeness (QED) is 0.721. The summed E-state index contributed by atoms with van der Waals surface area (Å²) in [6.07, 6.45) is 1.06. The van der Waals surface area contributed by atoms with Crippen molar-refractivity contribution in [1.29, 1.82) is 0 Å². The number of nitrogens with one attached hydrogen (secondary N) is 2. The summed E-state index contributed by atoms with van der Waals surface area (Å²) in [5.74, 6) is -0.0428. The highest BCUT2D eigenvalue weighted by Crippen LogP contribution is 2.11. The summed E-state index contributed by atoms with van der Waals surface area (Å²) in [4.78, 5) is 24.8. The number of benzene rings is 1. The van der Waals surface area contributed by atoms with E-state index in [1.54, 1.807) is 4.90 Å². The van der Waals surface area contributed by atoms with Crippen molar-refractivity contribution in [2.24, 2.45) is 5.73 Å². The number of carbonyl (C=O) groups is 2. The maximum Gasteiger partial charge on any atom is 0.317 e. The Morgan fingerprint density at radius 1 is 1.45 bits per heavy atom. The van der Waals surface area contributed by atoms with Crippen LogP contribution in [0, 0.1) is 0 Å². The van der Waals surface area contributed by atoms with Crippen molar-refractivity contribution < 1.29 is 9.59 Å². The van der Waals surface area contributed by atoms with Gasteiger partial charge in [0.1, 0.15) is 0 Å². The van der Waals surface area contributed by atoms with E-state index < -0.39 is 0 Å². The van der Waals surface area contributed by atoms with E-state index in [2.05, 4.69) is 10.6 Å². The molecule has 4 N–H and O–H groups in total. The van der Waals surface area contributed by atoms with Crippen LogP contribution in [0.1, 0.15) is 18.4 Å². The van der Waals surface area contributed by atoms with Gasteiger partial charge in [0.25, 0.3) is 0 Å². The second-order valence-corrected chi connectivity index (χ2v) is 4.78. The first-order chi connectivity index (χ1) is 9.69. The predicted octanol–water partition coefficient (Wildman–Crippen LogP) is 0.889. The number of nitrogens with zero attached hydrogens (tertiary/aromatic N) is 1. The zero-order chi connectivity index (χ0) is 14.4. The van der Waals surface area contributed by atoms with E-state index in [-0.39, 0.29) is 11.9 Å². The Kier molecular flexibility index (Phi) is 4.95. The molecule has 0 radical (unpaired) electrons. The van der Waals surface area contributed by atoms with Gasteiger partial charge in [-0.15, -0.1) is 0 Å². The Morgan fingerprint density at radius 3 is 3.00 bits per heavy atom. The minimum absolute atomic E-state index is 0.0407. The lowest BCUT2D eigenvalue weighted by atomic mass is 10.2. The van der Waals surface area contributed by atoms with Gasteiger partial charge < -0.3 is 21.3 Å². The molecule has 1 aliphatic rings. The third-order valence-corrected chi connectivity index (χ3v) is 3.22. The smallest absolute Gasteiger partial charge is 0.317 e. The average molecular weight is 276 g/mol. The van der Waals surface area contributed by atoms with Crippen LogP contribution in [0.5, 0.6) is 0 Å². The molecule has 1 aliphatic heterocycles. The van der Waals surface area contributed by atoms with Crippen molar-refractivity contribution >= 4 is 17.6 Å². The molecule has 0 atom stereocenters. The Morgan fingerprint density at radius 2 is 2.30 bits per heavy atom. The fraction of sp³-hybridized carbons (Fsp3) is 0.429. The first-order valence-electron chi connectivity index (χ1n) is 6.80. The Labute approximate surface area is 118 Å². The van der Waals surface area contributed by atoms with Crippen molar-refractivity contribution in [3.63, 3.8) is 0 Å². The topological polar surface area (TPSA) is 87.5 Å². The van der Waals surface area contributed by atoms with Crippen LogP contribution >= 0.6 is 0 Å². The van der Waals surface area contributed by atoms with Gasteiger partial charge in [0, 0.05) is 38.3 Å². The van der Waals surface area contributed by atoms with Crippen LogP contribution in [0.15, 0.2) is 24.3 Å². The first-order valence-corrected chi connectivity index (χ1v) is 6.80. The minimum atomic E-state index is -0.0428. The van der Waals surface area contributed by atoms with Gasteiger partial charge >= 0.3 is 6.03 Å². The SMILES string of the molecule is NCc1cccc(NC(=O)CCCN2CCNC2=O)c1. The Hall–Kier alpha value is -2.08. The second-order valence-electron chi connectivity index (χ2n) is 4.78. The number of amides is 3. The molecule has 1 saturated heterocycles. The van der Waals surface area contributed by atoms with E-state index in [1.807, 2.05) is 24.3 Å². The lowest BCUT2D eigenvalue weighted by Gasteiger charge is -2.13. The van der Waals surface area contributed by atoms with Gasteiger partial charge in [0.2, 0.25) is 5.91 Å². The number of urea groups is 1. The van der Waals surface area contributed by atoms with Crippen molar-refractivity contribution in [1.82, 2.24) is 10.2 Å². The van der Waals surface area contributed by atoms with Crippen molar-refractivity contribution in [2.45, 2.75) is 19.4 Å². The van der Waals surface area contributed by atoms with Gasteiger partial charge in [-0.25, -0.2) is 4.79 Å². The van der Waals surface area contributed by atoms with E-state index in [0.717, 1.165) is 17.8 Å². The highest BCUT2D eigenvalue weighted by atomic mass is 16.2. The summed E-state index contributed by atoms with van der Waals surface area (Å²) < 4.78 is 0. The molecule has 0 saturated carbocycles. The minimum Gasteiger partial charge on any atom is -0.336 e. The molecule has 6 nitrogen and oxygen atoms in total. The monoisotopic (exact) mass is 276 g/mol. The molecule has 0 unspecified atom stereocenters. The van der Waals surface area contributed by atoms with E-state index in [9.17, 15) is 9.59 Å². The maximum absolute atomic E-state index is 11.8. The third kappa shape index (κ3) is 3.96. The van der Waals surface area contributed by atoms with Gasteiger partial charge in [0.05, 0.1) is 0 Å². The molecule has 0 aromatic heterocycles. The van der Waals surface area contributed by atoms with Crippen LogP contribution in [-0.2, 0) is 11.3 Å². The molecule has 0 bridgehead atoms. The molecule has 3 amide bonds. The number of anilines is 1. The van der Waals surface area contributed by atoms with E-state index in [0.29, 0.717) is 32.5 Å². The largest absolute Gasteiger partial charge is 0.336 e. The molecular weight excluding hydrogens is 256 g/mol. The molecule has 0 spiro atoms. The molecule has 2 rings (SSSR count). The summed E-state index contributed by atoms with van der Waals surface area (Å²) in [5.41, 5.74) is 7.30. The van der Waals surface area contributed by atoms with Crippen molar-refractivity contribution in [3.05, 3.63) is 29.8 Å². The van der Waals surface area contributed by atoms with Gasteiger partial charge in [-0.3, -0.25) is 4.79 Å². The van der Waals surface area contributed by atoms with E-state index in [4.69, 9.17) is 5.73 Å². The second kappa shape index (κ2) is 6.91. The number of carbonyl (C=O) groups excluding carboxylic acids is 2. The molecule has 1 aromatic rings. The molecule has 0 aliphatic carbocycles. The molecular formula is C14H20N4O2. The lowest BCUT2D eigenvalue weighted by molar-refractivity contribution is -0.116. The Balaban J connectivity index is 1.73. The summed E-state index contributed by atoms with van der Waals surface area (Å²) in [6.45, 7) is 2.48. The van der Waals surface area contributed by atoms with Crippen LogP contribution in [0.4, 0.5) is 10.5 Å². The summed E-state index contributed by atoms with van der Waals surface area (Å²) in [5, 5.41) is 5.57. The van der Waals surface area contributed by atoms with Crippen LogP contribution < -0.4 is 16.4 Å². The van der Waals surface area contributed by atoms with Crippen molar-refractivity contribution in [2.75, 3.05) is 25.0 Å². The molecule has 108 valence electrons. The summed E-state index contributed by atoms with van der Waals surface area (Å²) in [6, 6.07) is 7.45. The number of hydrogen-bond acceptors (Lipinski definition) is 3. The van der Waals surface area contributed by atoms with Gasteiger partial charge in [-0.2, -0.15) is 0 Å². The molecule has 6 heteroatoms. The van der Waals surface area contributed by atoms with Gasteiger partial charge in [-0.05, 0) is 24.1 Å². The standard InChI is InChI=1S/C14H20N4O2/c15-10-11-3-1-4-12(9-11)17-13(19)5-2-7-18-8-6-16-14(18)20/h1,3-4,9H,2,5-8,10,15H2,(H,16,20)(H,17,19). The van der Waals surface area contributed by atoms with E-state index >= 15 is 0 Å². The first kappa shape index (κ1) is 14.3. The summed E-state index contributed by atoms with van der Waals surface area (Å²) in [7, 11) is 0. The number of hydrogen-bond donors (Lipinski definition) is 3. The normalized spacial score (nSPS) is 14.2. The number of nitrogens with two attached hydrogens (primary N) is 1. The fourth-order valence-electron chi connectivity index (χ4n) is 2.15. The molecule has 1 fully saturated rings. The highest BCUT2D eigenvalue weighted by Gasteiger charge is 2.18. The fourth-order valence-corrected chi connectivity index (χ4v) is 2.15. The molecule has 1 aromatic carbocycles. The lowest BCUT2D eigenvalue weighted by Crippen LogP contribution is -2.29. The zero-order valence-electron chi connectivity index (χ0n) is 11.4. The Bertz CT molecular complexity index is 490. The maximum atomic E-state index is 11.8. The predicted molar refractivity (Wildman–Crippen MR) is 77.2 cm³/mol. The third-order valence-electron chi connectivity index (χ3n) is 3.22. The summed E-state index contributed by atoms with van der Waals surface area (Å²) >= 11 is 0. The number of rotatable bonds is 6. The zero-order valence-corrected chi connectivity index (χ0v) is 11.4. The van der Waals surface area contributed by atoms with Crippen LogP contribution in [0.25, 0.3) is 0 Å². The van der Waals surface area contributed by atoms with Gasteiger partial charge in [0.15, 0.2) is 0 Å². The van der Waals surface area contributed by atoms with E-state index in [1.165, 1.54) is 0 Å². The van der Waals surface area contributed by atoms with Crippen LogP contribution in [-0.4, -0.2) is 36.5 Å². The van der Waals surface area contributed by atoms with Crippen molar-refractivity contribution in [3.8, 4) is 0 Å². The van der Waals surface area contributed by atoms with Crippen LogP contribution in [0.2, 0.25) is 0 Å². The molecule has 20 heavy (non-hydrogen) atoms. The highest BCUT2D eigenvalue weighted by molar-refractivity contribution is 5.90.